The monoisotopic (exact) mass is 304 g/mol. The van der Waals surface area contributed by atoms with Gasteiger partial charge in [-0.2, -0.15) is 0 Å². The van der Waals surface area contributed by atoms with Crippen LogP contribution in [-0.2, 0) is 16.0 Å². The molecule has 0 saturated heterocycles. The van der Waals surface area contributed by atoms with Crippen LogP contribution in [0, 0.1) is 5.92 Å². The van der Waals surface area contributed by atoms with E-state index in [1.807, 2.05) is 25.1 Å². The number of aryl methyl sites for hydroxylation is 1. The Bertz CT molecular complexity index is 530. The second-order valence-corrected chi connectivity index (χ2v) is 5.82. The molecule has 0 radical (unpaired) electrons. The molecule has 120 valence electrons. The number of aliphatic hydroxyl groups is 1. The Morgan fingerprint density at radius 3 is 2.73 bits per heavy atom. The molecule has 2 unspecified atom stereocenters. The predicted molar refractivity (Wildman–Crippen MR) is 85.4 cm³/mol. The maximum Gasteiger partial charge on any atom is 0.313 e. The zero-order valence-electron chi connectivity index (χ0n) is 13.0. The highest BCUT2D eigenvalue weighted by atomic mass is 16.3. The normalized spacial score (nSPS) is 21.2. The molecular formula is C17H24N2O3. The third-order valence-corrected chi connectivity index (χ3v) is 4.26. The van der Waals surface area contributed by atoms with E-state index in [0.717, 1.165) is 37.7 Å². The van der Waals surface area contributed by atoms with E-state index in [2.05, 4.69) is 10.6 Å². The topological polar surface area (TPSA) is 78.4 Å². The van der Waals surface area contributed by atoms with Crippen molar-refractivity contribution in [2.45, 2.75) is 45.1 Å². The van der Waals surface area contributed by atoms with Crippen LogP contribution in [0.15, 0.2) is 24.3 Å². The number of benzene rings is 1. The molecule has 22 heavy (non-hydrogen) atoms. The largest absolute Gasteiger partial charge is 0.396 e. The van der Waals surface area contributed by atoms with Crippen molar-refractivity contribution in [3.8, 4) is 0 Å². The van der Waals surface area contributed by atoms with Gasteiger partial charge in [0.05, 0.1) is 0 Å². The quantitative estimate of drug-likeness (QED) is 0.743. The van der Waals surface area contributed by atoms with Gasteiger partial charge in [0, 0.05) is 24.3 Å². The lowest BCUT2D eigenvalue weighted by molar-refractivity contribution is -0.137. The van der Waals surface area contributed by atoms with Crippen LogP contribution in [-0.4, -0.2) is 29.6 Å². The van der Waals surface area contributed by atoms with Gasteiger partial charge >= 0.3 is 11.8 Å². The molecule has 0 aliphatic heterocycles. The predicted octanol–water partition coefficient (Wildman–Crippen LogP) is 1.85. The van der Waals surface area contributed by atoms with Crippen LogP contribution in [0.3, 0.4) is 0 Å². The van der Waals surface area contributed by atoms with E-state index in [4.69, 9.17) is 0 Å². The van der Waals surface area contributed by atoms with Gasteiger partial charge in [-0.15, -0.1) is 0 Å². The van der Waals surface area contributed by atoms with E-state index in [1.165, 1.54) is 0 Å². The Kier molecular flexibility index (Phi) is 5.95. The lowest BCUT2D eigenvalue weighted by Gasteiger charge is -2.30. The molecule has 5 heteroatoms. The van der Waals surface area contributed by atoms with Gasteiger partial charge in [-0.3, -0.25) is 9.59 Å². The average Bonchev–Trinajstić information content (AvgIpc) is 2.55. The first-order chi connectivity index (χ1) is 10.6. The Labute approximate surface area is 131 Å². The van der Waals surface area contributed by atoms with Crippen LogP contribution in [0.25, 0.3) is 0 Å². The van der Waals surface area contributed by atoms with Gasteiger partial charge in [-0.05, 0) is 37.0 Å². The molecule has 1 saturated carbocycles. The third kappa shape index (κ3) is 4.31. The van der Waals surface area contributed by atoms with Crippen molar-refractivity contribution in [1.82, 2.24) is 5.32 Å². The van der Waals surface area contributed by atoms with E-state index in [0.29, 0.717) is 5.69 Å². The van der Waals surface area contributed by atoms with Crippen molar-refractivity contribution in [2.24, 2.45) is 5.92 Å². The van der Waals surface area contributed by atoms with Crippen molar-refractivity contribution in [1.29, 1.82) is 0 Å². The molecule has 0 bridgehead atoms. The average molecular weight is 304 g/mol. The molecule has 1 aliphatic rings. The first-order valence-electron chi connectivity index (χ1n) is 7.95. The fourth-order valence-electron chi connectivity index (χ4n) is 2.91. The molecule has 2 rings (SSSR count). The second-order valence-electron chi connectivity index (χ2n) is 5.82. The highest BCUT2D eigenvalue weighted by Crippen LogP contribution is 2.23. The summed E-state index contributed by atoms with van der Waals surface area (Å²) in [6.45, 7) is 2.08. The third-order valence-electron chi connectivity index (χ3n) is 4.26. The molecule has 2 amide bonds. The molecule has 3 N–H and O–H groups in total. The second kappa shape index (κ2) is 7.94. The molecule has 0 aromatic heterocycles. The number of carbonyl (C=O) groups is 2. The molecule has 1 fully saturated rings. The Morgan fingerprint density at radius 2 is 2.00 bits per heavy atom. The number of carbonyl (C=O) groups excluding carboxylic acids is 2. The van der Waals surface area contributed by atoms with Crippen LogP contribution in [0.4, 0.5) is 5.69 Å². The lowest BCUT2D eigenvalue weighted by atomic mass is 9.85. The summed E-state index contributed by atoms with van der Waals surface area (Å²) in [7, 11) is 0. The zero-order chi connectivity index (χ0) is 15.9. The number of nitrogens with one attached hydrogen (secondary N) is 2. The summed E-state index contributed by atoms with van der Waals surface area (Å²) in [6, 6.07) is 7.35. The summed E-state index contributed by atoms with van der Waals surface area (Å²) in [5.74, 6) is -1.24. The van der Waals surface area contributed by atoms with Gasteiger partial charge in [0.25, 0.3) is 0 Å². The minimum Gasteiger partial charge on any atom is -0.396 e. The summed E-state index contributed by atoms with van der Waals surface area (Å²) in [5, 5.41) is 14.7. The van der Waals surface area contributed by atoms with Crippen molar-refractivity contribution >= 4 is 17.5 Å². The smallest absolute Gasteiger partial charge is 0.313 e. The van der Waals surface area contributed by atoms with E-state index in [9.17, 15) is 14.7 Å². The van der Waals surface area contributed by atoms with E-state index in [-0.39, 0.29) is 18.6 Å². The zero-order valence-corrected chi connectivity index (χ0v) is 13.0. The molecule has 1 aliphatic carbocycles. The van der Waals surface area contributed by atoms with Crippen LogP contribution in [0.2, 0.25) is 0 Å². The Morgan fingerprint density at radius 1 is 1.23 bits per heavy atom. The Hall–Kier alpha value is -1.88. The number of aliphatic hydroxyl groups excluding tert-OH is 1. The molecule has 0 heterocycles. The molecule has 5 nitrogen and oxygen atoms in total. The van der Waals surface area contributed by atoms with Gasteiger partial charge in [0.1, 0.15) is 0 Å². The van der Waals surface area contributed by atoms with Gasteiger partial charge in [0.15, 0.2) is 0 Å². The molecule has 2 atom stereocenters. The van der Waals surface area contributed by atoms with Crippen molar-refractivity contribution in [3.63, 3.8) is 0 Å². The SMILES string of the molecule is CCc1cccc(NC(=O)C(=O)NC2CCCCC2CO)c1. The van der Waals surface area contributed by atoms with Crippen molar-refractivity contribution < 1.29 is 14.7 Å². The number of anilines is 1. The summed E-state index contributed by atoms with van der Waals surface area (Å²) in [6.07, 6.45) is 4.66. The fourth-order valence-corrected chi connectivity index (χ4v) is 2.91. The highest BCUT2D eigenvalue weighted by Gasteiger charge is 2.27. The summed E-state index contributed by atoms with van der Waals surface area (Å²) in [4.78, 5) is 24.0. The maximum absolute atomic E-state index is 12.0. The van der Waals surface area contributed by atoms with E-state index >= 15 is 0 Å². The fraction of sp³-hybridized carbons (Fsp3) is 0.529. The van der Waals surface area contributed by atoms with Gasteiger partial charge in [-0.1, -0.05) is 31.9 Å². The van der Waals surface area contributed by atoms with Crippen LogP contribution in [0.5, 0.6) is 0 Å². The molecule has 0 spiro atoms. The van der Waals surface area contributed by atoms with Crippen molar-refractivity contribution in [3.05, 3.63) is 29.8 Å². The van der Waals surface area contributed by atoms with Crippen LogP contribution in [0.1, 0.15) is 38.2 Å². The van der Waals surface area contributed by atoms with E-state index < -0.39 is 11.8 Å². The van der Waals surface area contributed by atoms with Crippen LogP contribution >= 0.6 is 0 Å². The molecule has 1 aromatic rings. The highest BCUT2D eigenvalue weighted by molar-refractivity contribution is 6.39. The standard InChI is InChI=1S/C17H24N2O3/c1-2-12-6-5-8-14(10-12)18-16(21)17(22)19-15-9-4-3-7-13(15)11-20/h5-6,8,10,13,15,20H,2-4,7,9,11H2,1H3,(H,18,21)(H,19,22). The summed E-state index contributed by atoms with van der Waals surface area (Å²) < 4.78 is 0. The first-order valence-corrected chi connectivity index (χ1v) is 7.95. The minimum atomic E-state index is -0.657. The maximum atomic E-state index is 12.0. The van der Waals surface area contributed by atoms with E-state index in [1.54, 1.807) is 6.07 Å². The van der Waals surface area contributed by atoms with Gasteiger partial charge in [-0.25, -0.2) is 0 Å². The number of rotatable bonds is 4. The van der Waals surface area contributed by atoms with Gasteiger partial charge in [0.2, 0.25) is 0 Å². The van der Waals surface area contributed by atoms with Gasteiger partial charge < -0.3 is 15.7 Å². The number of amides is 2. The summed E-state index contributed by atoms with van der Waals surface area (Å²) in [5.41, 5.74) is 1.73. The first kappa shape index (κ1) is 16.5. The summed E-state index contributed by atoms with van der Waals surface area (Å²) >= 11 is 0. The van der Waals surface area contributed by atoms with Crippen molar-refractivity contribution in [2.75, 3.05) is 11.9 Å². The molecule has 1 aromatic carbocycles. The number of hydrogen-bond acceptors (Lipinski definition) is 3. The molecular weight excluding hydrogens is 280 g/mol. The number of hydrogen-bond donors (Lipinski definition) is 3. The Balaban J connectivity index is 1.92. The minimum absolute atomic E-state index is 0.0467. The lowest BCUT2D eigenvalue weighted by Crippen LogP contribution is -2.47. The van der Waals surface area contributed by atoms with Crippen LogP contribution < -0.4 is 10.6 Å².